The van der Waals surface area contributed by atoms with Crippen LogP contribution in [0.4, 0.5) is 0 Å². The predicted octanol–water partition coefficient (Wildman–Crippen LogP) is 3.40. The van der Waals surface area contributed by atoms with Crippen molar-refractivity contribution in [2.24, 2.45) is 0 Å². The van der Waals surface area contributed by atoms with E-state index in [1.165, 1.54) is 0 Å². The highest BCUT2D eigenvalue weighted by atomic mass is 35.5. The smallest absolute Gasteiger partial charge is 0.255 e. The van der Waals surface area contributed by atoms with Crippen molar-refractivity contribution in [3.63, 3.8) is 0 Å². The maximum atomic E-state index is 12.3. The van der Waals surface area contributed by atoms with Crippen LogP contribution in [0.15, 0.2) is 48.8 Å². The minimum Gasteiger partial charge on any atom is -0.335 e. The molecule has 4 heteroatoms. The molecule has 2 rings (SSSR count). The number of aromatic nitrogens is 1. The first-order chi connectivity index (χ1) is 9.20. The summed E-state index contributed by atoms with van der Waals surface area (Å²) in [4.78, 5) is 18.1. The molecule has 98 valence electrons. The van der Waals surface area contributed by atoms with Crippen molar-refractivity contribution in [3.8, 4) is 0 Å². The standard InChI is InChI=1S/C15H15ClN2O/c1-2-18(11-12-5-3-7-14(16)9-12)15(19)13-6-4-8-17-10-13/h3-10H,2,11H2,1H3. The van der Waals surface area contributed by atoms with Crippen molar-refractivity contribution >= 4 is 17.5 Å². The molecule has 0 atom stereocenters. The summed E-state index contributed by atoms with van der Waals surface area (Å²) < 4.78 is 0. The van der Waals surface area contributed by atoms with Crippen molar-refractivity contribution in [3.05, 3.63) is 64.9 Å². The first kappa shape index (κ1) is 13.6. The van der Waals surface area contributed by atoms with Crippen LogP contribution in [0.1, 0.15) is 22.8 Å². The molecule has 19 heavy (non-hydrogen) atoms. The third-order valence-corrected chi connectivity index (χ3v) is 3.07. The van der Waals surface area contributed by atoms with Crippen LogP contribution < -0.4 is 0 Å². The third-order valence-electron chi connectivity index (χ3n) is 2.84. The molecule has 0 saturated heterocycles. The Kier molecular flexibility index (Phi) is 4.53. The Labute approximate surface area is 117 Å². The lowest BCUT2D eigenvalue weighted by Crippen LogP contribution is -2.30. The average molecular weight is 275 g/mol. The van der Waals surface area contributed by atoms with Gasteiger partial charge in [0.25, 0.3) is 5.91 Å². The summed E-state index contributed by atoms with van der Waals surface area (Å²) in [6, 6.07) is 11.1. The zero-order valence-corrected chi connectivity index (χ0v) is 11.5. The van der Waals surface area contributed by atoms with E-state index in [1.807, 2.05) is 31.2 Å². The summed E-state index contributed by atoms with van der Waals surface area (Å²) in [5, 5.41) is 0.683. The van der Waals surface area contributed by atoms with Crippen molar-refractivity contribution in [1.29, 1.82) is 0 Å². The number of carbonyl (C=O) groups is 1. The van der Waals surface area contributed by atoms with E-state index in [0.717, 1.165) is 5.56 Å². The van der Waals surface area contributed by atoms with Crippen LogP contribution in [0.25, 0.3) is 0 Å². The Morgan fingerprint density at radius 2 is 2.16 bits per heavy atom. The second-order valence-corrected chi connectivity index (χ2v) is 4.63. The number of pyridine rings is 1. The van der Waals surface area contributed by atoms with Gasteiger partial charge in [0, 0.05) is 30.5 Å². The van der Waals surface area contributed by atoms with E-state index in [-0.39, 0.29) is 5.91 Å². The molecule has 0 fully saturated rings. The lowest BCUT2D eigenvalue weighted by Gasteiger charge is -2.21. The molecule has 3 nitrogen and oxygen atoms in total. The SMILES string of the molecule is CCN(Cc1cccc(Cl)c1)C(=O)c1cccnc1. The minimum absolute atomic E-state index is 0.0180. The highest BCUT2D eigenvalue weighted by Crippen LogP contribution is 2.14. The third kappa shape index (κ3) is 3.55. The fraction of sp³-hybridized carbons (Fsp3) is 0.200. The molecule has 1 aromatic carbocycles. The van der Waals surface area contributed by atoms with Crippen LogP contribution in [0.3, 0.4) is 0 Å². The van der Waals surface area contributed by atoms with Gasteiger partial charge in [-0.1, -0.05) is 23.7 Å². The molecule has 0 saturated carbocycles. The Hall–Kier alpha value is -1.87. The van der Waals surface area contributed by atoms with Gasteiger partial charge in [-0.2, -0.15) is 0 Å². The van der Waals surface area contributed by atoms with Gasteiger partial charge in [0.05, 0.1) is 5.56 Å². The molecule has 0 spiro atoms. The normalized spacial score (nSPS) is 10.2. The van der Waals surface area contributed by atoms with Gasteiger partial charge in [-0.05, 0) is 36.8 Å². The number of hydrogen-bond acceptors (Lipinski definition) is 2. The fourth-order valence-electron chi connectivity index (χ4n) is 1.85. The van der Waals surface area contributed by atoms with E-state index in [1.54, 1.807) is 29.4 Å². The van der Waals surface area contributed by atoms with Crippen molar-refractivity contribution < 1.29 is 4.79 Å². The van der Waals surface area contributed by atoms with Gasteiger partial charge < -0.3 is 4.90 Å². The summed E-state index contributed by atoms with van der Waals surface area (Å²) >= 11 is 5.95. The molecule has 0 unspecified atom stereocenters. The van der Waals surface area contributed by atoms with Crippen LogP contribution in [0.5, 0.6) is 0 Å². The van der Waals surface area contributed by atoms with Crippen molar-refractivity contribution in [2.75, 3.05) is 6.54 Å². The molecule has 1 aromatic heterocycles. The molecular weight excluding hydrogens is 260 g/mol. The second kappa shape index (κ2) is 6.34. The fourth-order valence-corrected chi connectivity index (χ4v) is 2.07. The van der Waals surface area contributed by atoms with E-state index in [0.29, 0.717) is 23.7 Å². The van der Waals surface area contributed by atoms with Crippen LogP contribution >= 0.6 is 11.6 Å². The molecule has 2 aromatic rings. The van der Waals surface area contributed by atoms with E-state index in [4.69, 9.17) is 11.6 Å². The van der Waals surface area contributed by atoms with Crippen LogP contribution in [-0.2, 0) is 6.54 Å². The molecule has 0 radical (unpaired) electrons. The number of nitrogens with zero attached hydrogens (tertiary/aromatic N) is 2. The molecule has 1 amide bonds. The first-order valence-electron chi connectivity index (χ1n) is 6.14. The van der Waals surface area contributed by atoms with E-state index in [9.17, 15) is 4.79 Å². The van der Waals surface area contributed by atoms with E-state index in [2.05, 4.69) is 4.98 Å². The maximum Gasteiger partial charge on any atom is 0.255 e. The molecule has 0 aliphatic heterocycles. The summed E-state index contributed by atoms with van der Waals surface area (Å²) in [5.41, 5.74) is 1.62. The van der Waals surface area contributed by atoms with Gasteiger partial charge in [-0.15, -0.1) is 0 Å². The highest BCUT2D eigenvalue weighted by molar-refractivity contribution is 6.30. The number of benzene rings is 1. The molecule has 0 bridgehead atoms. The monoisotopic (exact) mass is 274 g/mol. The van der Waals surface area contributed by atoms with Crippen molar-refractivity contribution in [1.82, 2.24) is 9.88 Å². The largest absolute Gasteiger partial charge is 0.335 e. The van der Waals surface area contributed by atoms with Gasteiger partial charge in [-0.3, -0.25) is 9.78 Å². The van der Waals surface area contributed by atoms with Gasteiger partial charge >= 0.3 is 0 Å². The van der Waals surface area contributed by atoms with Gasteiger partial charge in [-0.25, -0.2) is 0 Å². The molecule has 0 aliphatic rings. The number of hydrogen-bond donors (Lipinski definition) is 0. The highest BCUT2D eigenvalue weighted by Gasteiger charge is 2.14. The molecule has 1 heterocycles. The Morgan fingerprint density at radius 3 is 2.79 bits per heavy atom. The molecule has 0 N–H and O–H groups in total. The van der Waals surface area contributed by atoms with E-state index < -0.39 is 0 Å². The first-order valence-corrected chi connectivity index (χ1v) is 6.52. The predicted molar refractivity (Wildman–Crippen MR) is 76.1 cm³/mol. The maximum absolute atomic E-state index is 12.3. The summed E-state index contributed by atoms with van der Waals surface area (Å²) in [6.07, 6.45) is 3.24. The van der Waals surface area contributed by atoms with Gasteiger partial charge in [0.2, 0.25) is 0 Å². The summed E-state index contributed by atoms with van der Waals surface area (Å²) in [6.45, 7) is 3.14. The summed E-state index contributed by atoms with van der Waals surface area (Å²) in [5.74, 6) is -0.0180. The average Bonchev–Trinajstić information content (AvgIpc) is 2.45. The quantitative estimate of drug-likeness (QED) is 0.856. The second-order valence-electron chi connectivity index (χ2n) is 4.19. The topological polar surface area (TPSA) is 33.2 Å². The Morgan fingerprint density at radius 1 is 1.32 bits per heavy atom. The molecule has 0 aliphatic carbocycles. The van der Waals surface area contributed by atoms with Crippen LogP contribution in [0, 0.1) is 0 Å². The number of carbonyl (C=O) groups excluding carboxylic acids is 1. The van der Waals surface area contributed by atoms with E-state index >= 15 is 0 Å². The van der Waals surface area contributed by atoms with Crippen LogP contribution in [0.2, 0.25) is 5.02 Å². The van der Waals surface area contributed by atoms with Gasteiger partial charge in [0.15, 0.2) is 0 Å². The van der Waals surface area contributed by atoms with Gasteiger partial charge in [0.1, 0.15) is 0 Å². The van der Waals surface area contributed by atoms with Crippen molar-refractivity contribution in [2.45, 2.75) is 13.5 Å². The Bertz CT molecular complexity index is 557. The summed E-state index contributed by atoms with van der Waals surface area (Å²) in [7, 11) is 0. The lowest BCUT2D eigenvalue weighted by atomic mass is 10.2. The lowest BCUT2D eigenvalue weighted by molar-refractivity contribution is 0.0752. The zero-order valence-electron chi connectivity index (χ0n) is 10.7. The minimum atomic E-state index is -0.0180. The molecular formula is C15H15ClN2O. The number of amides is 1. The van der Waals surface area contributed by atoms with Crippen LogP contribution in [-0.4, -0.2) is 22.3 Å². The Balaban J connectivity index is 2.15. The number of rotatable bonds is 4. The number of halogens is 1. The zero-order chi connectivity index (χ0) is 13.7.